The van der Waals surface area contributed by atoms with Gasteiger partial charge in [-0.1, -0.05) is 12.8 Å². The first-order valence-corrected chi connectivity index (χ1v) is 11.6. The Morgan fingerprint density at radius 1 is 0.972 bits per heavy atom. The lowest BCUT2D eigenvalue weighted by molar-refractivity contribution is -0.129. The van der Waals surface area contributed by atoms with Gasteiger partial charge in [0.05, 0.1) is 6.61 Å². The van der Waals surface area contributed by atoms with Crippen LogP contribution in [-0.4, -0.2) is 55.0 Å². The van der Waals surface area contributed by atoms with Crippen LogP contribution in [0.2, 0.25) is 0 Å². The molecule has 3 rings (SSSR count). The molecule has 0 aliphatic carbocycles. The molecule has 9 nitrogen and oxygen atoms in total. The first-order chi connectivity index (χ1) is 16.9. The standard InChI is InChI=1S/C26H32N2O7.ClH/c1-28(2)12-14-34-19-10-8-18(9-11-19)23-17-22(30)26-21(29)15-20(16-24(26)35-23)33-13-6-4-3-5-7-25(31)27-32;/h8-11,15-17,29,32H,3-7,12-14H2,1-2H3,(H,27,31);1H. The summed E-state index contributed by atoms with van der Waals surface area (Å²) in [7, 11) is 3.96. The number of carbonyl (C=O) groups is 1. The number of unbranched alkanes of at least 4 members (excludes halogenated alkanes) is 3. The Bertz CT molecular complexity index is 1180. The van der Waals surface area contributed by atoms with Gasteiger partial charge < -0.3 is 23.9 Å². The molecular formula is C26H33ClN2O7. The Hall–Kier alpha value is -3.27. The smallest absolute Gasteiger partial charge is 0.243 e. The van der Waals surface area contributed by atoms with Crippen LogP contribution in [0.1, 0.15) is 32.1 Å². The third-order valence-electron chi connectivity index (χ3n) is 5.42. The normalized spacial score (nSPS) is 10.8. The second-order valence-corrected chi connectivity index (χ2v) is 8.51. The van der Waals surface area contributed by atoms with Crippen molar-refractivity contribution in [3.05, 3.63) is 52.7 Å². The lowest BCUT2D eigenvalue weighted by Crippen LogP contribution is -2.19. The zero-order valence-electron chi connectivity index (χ0n) is 20.5. The van der Waals surface area contributed by atoms with E-state index >= 15 is 0 Å². The monoisotopic (exact) mass is 520 g/mol. The lowest BCUT2D eigenvalue weighted by atomic mass is 10.1. The molecule has 0 spiro atoms. The summed E-state index contributed by atoms with van der Waals surface area (Å²) in [6.45, 7) is 1.79. The van der Waals surface area contributed by atoms with Crippen LogP contribution in [0.3, 0.4) is 0 Å². The number of amides is 1. The van der Waals surface area contributed by atoms with Gasteiger partial charge in [-0.3, -0.25) is 14.8 Å². The van der Waals surface area contributed by atoms with Crippen LogP contribution in [0.15, 0.2) is 51.7 Å². The van der Waals surface area contributed by atoms with Crippen molar-refractivity contribution < 1.29 is 29.0 Å². The molecule has 1 amide bonds. The zero-order valence-corrected chi connectivity index (χ0v) is 21.3. The number of ether oxygens (including phenoxy) is 2. The van der Waals surface area contributed by atoms with Crippen LogP contribution in [0.25, 0.3) is 22.3 Å². The number of halogens is 1. The molecule has 36 heavy (non-hydrogen) atoms. The molecule has 1 heterocycles. The summed E-state index contributed by atoms with van der Waals surface area (Å²) < 4.78 is 17.4. The molecule has 0 atom stereocenters. The van der Waals surface area contributed by atoms with Gasteiger partial charge in [-0.15, -0.1) is 12.4 Å². The maximum atomic E-state index is 12.7. The van der Waals surface area contributed by atoms with Crippen molar-refractivity contribution in [1.82, 2.24) is 10.4 Å². The number of nitrogens with one attached hydrogen (secondary N) is 1. The number of phenolic OH excluding ortho intramolecular Hbond substituents is 1. The fourth-order valence-corrected chi connectivity index (χ4v) is 3.52. The molecule has 0 aliphatic rings. The van der Waals surface area contributed by atoms with E-state index in [-0.39, 0.29) is 41.0 Å². The molecule has 0 radical (unpaired) electrons. The number of hydrogen-bond acceptors (Lipinski definition) is 8. The highest BCUT2D eigenvalue weighted by Gasteiger charge is 2.13. The highest BCUT2D eigenvalue weighted by molar-refractivity contribution is 5.86. The van der Waals surface area contributed by atoms with Crippen molar-refractivity contribution >= 4 is 29.3 Å². The van der Waals surface area contributed by atoms with Gasteiger partial charge >= 0.3 is 0 Å². The van der Waals surface area contributed by atoms with Crippen LogP contribution >= 0.6 is 12.4 Å². The number of hydroxylamine groups is 1. The van der Waals surface area contributed by atoms with Gasteiger partial charge in [-0.25, -0.2) is 5.48 Å². The van der Waals surface area contributed by atoms with Crippen molar-refractivity contribution in [2.24, 2.45) is 0 Å². The minimum Gasteiger partial charge on any atom is -0.507 e. The van der Waals surface area contributed by atoms with Crippen LogP contribution in [0.4, 0.5) is 0 Å². The van der Waals surface area contributed by atoms with E-state index in [1.54, 1.807) is 11.5 Å². The molecule has 10 heteroatoms. The van der Waals surface area contributed by atoms with Gasteiger partial charge in [-0.05, 0) is 51.2 Å². The molecule has 0 fully saturated rings. The van der Waals surface area contributed by atoms with E-state index in [0.717, 1.165) is 31.6 Å². The molecule has 0 bridgehead atoms. The maximum Gasteiger partial charge on any atom is 0.243 e. The molecule has 0 saturated carbocycles. The van der Waals surface area contributed by atoms with Crippen LogP contribution < -0.4 is 20.4 Å². The predicted molar refractivity (Wildman–Crippen MR) is 139 cm³/mol. The van der Waals surface area contributed by atoms with Gasteiger partial charge in [0.2, 0.25) is 5.91 Å². The number of benzene rings is 2. The Kier molecular flexibility index (Phi) is 11.5. The lowest BCUT2D eigenvalue weighted by Gasteiger charge is -2.11. The van der Waals surface area contributed by atoms with Crippen molar-refractivity contribution in [2.75, 3.05) is 33.9 Å². The van der Waals surface area contributed by atoms with Crippen LogP contribution in [0, 0.1) is 0 Å². The molecule has 3 aromatic rings. The Balaban J connectivity index is 0.00000456. The fraction of sp³-hybridized carbons (Fsp3) is 0.385. The van der Waals surface area contributed by atoms with Gasteiger partial charge in [-0.2, -0.15) is 0 Å². The second kappa shape index (κ2) is 14.3. The number of rotatable bonds is 13. The maximum absolute atomic E-state index is 12.7. The topological polar surface area (TPSA) is 121 Å². The van der Waals surface area contributed by atoms with Gasteiger partial charge in [0.15, 0.2) is 5.43 Å². The van der Waals surface area contributed by atoms with Gasteiger partial charge in [0.1, 0.15) is 40.6 Å². The summed E-state index contributed by atoms with van der Waals surface area (Å²) in [5.74, 6) is 0.921. The molecule has 1 aromatic heterocycles. The predicted octanol–water partition coefficient (Wildman–Crippen LogP) is 4.36. The summed E-state index contributed by atoms with van der Waals surface area (Å²) in [5.41, 5.74) is 2.22. The fourth-order valence-electron chi connectivity index (χ4n) is 3.52. The molecule has 0 unspecified atom stereocenters. The van der Waals surface area contributed by atoms with Gasteiger partial charge in [0, 0.05) is 36.7 Å². The third-order valence-corrected chi connectivity index (χ3v) is 5.42. The van der Waals surface area contributed by atoms with Crippen LogP contribution in [-0.2, 0) is 4.79 Å². The molecule has 0 saturated heterocycles. The van der Waals surface area contributed by atoms with E-state index in [2.05, 4.69) is 0 Å². The van der Waals surface area contributed by atoms with Crippen molar-refractivity contribution in [2.45, 2.75) is 32.1 Å². The largest absolute Gasteiger partial charge is 0.507 e. The summed E-state index contributed by atoms with van der Waals surface area (Å²) in [5, 5.41) is 19.0. The summed E-state index contributed by atoms with van der Waals surface area (Å²) in [6.07, 6.45) is 3.40. The van der Waals surface area contributed by atoms with Crippen molar-refractivity contribution in [1.29, 1.82) is 0 Å². The average Bonchev–Trinajstić information content (AvgIpc) is 2.83. The van der Waals surface area contributed by atoms with Crippen LogP contribution in [0.5, 0.6) is 17.2 Å². The van der Waals surface area contributed by atoms with E-state index in [1.807, 2.05) is 43.3 Å². The first-order valence-electron chi connectivity index (χ1n) is 11.6. The molecule has 196 valence electrons. The highest BCUT2D eigenvalue weighted by Crippen LogP contribution is 2.31. The minimum atomic E-state index is -0.391. The van der Waals surface area contributed by atoms with Crippen molar-refractivity contribution in [3.63, 3.8) is 0 Å². The van der Waals surface area contributed by atoms with E-state index in [0.29, 0.717) is 36.7 Å². The number of hydrogen-bond donors (Lipinski definition) is 3. The summed E-state index contributed by atoms with van der Waals surface area (Å²) in [6, 6.07) is 11.7. The minimum absolute atomic E-state index is 0. The number of phenols is 1. The Morgan fingerprint density at radius 2 is 1.67 bits per heavy atom. The highest BCUT2D eigenvalue weighted by atomic mass is 35.5. The summed E-state index contributed by atoms with van der Waals surface area (Å²) in [4.78, 5) is 25.7. The number of nitrogens with zero attached hydrogens (tertiary/aromatic N) is 1. The quantitative estimate of drug-likeness (QED) is 0.173. The summed E-state index contributed by atoms with van der Waals surface area (Å²) >= 11 is 0. The van der Waals surface area contributed by atoms with E-state index in [1.165, 1.54) is 12.1 Å². The number of fused-ring (bicyclic) bond motifs is 1. The number of likely N-dealkylation sites (N-methyl/N-ethyl adjacent to an activating group) is 1. The third kappa shape index (κ3) is 8.44. The number of aromatic hydroxyl groups is 1. The van der Waals surface area contributed by atoms with Gasteiger partial charge in [0.25, 0.3) is 0 Å². The zero-order chi connectivity index (χ0) is 25.2. The van der Waals surface area contributed by atoms with E-state index in [4.69, 9.17) is 19.1 Å². The van der Waals surface area contributed by atoms with E-state index < -0.39 is 5.91 Å². The molecule has 3 N–H and O–H groups in total. The Morgan fingerprint density at radius 3 is 2.36 bits per heavy atom. The second-order valence-electron chi connectivity index (χ2n) is 8.51. The molecule has 0 aliphatic heterocycles. The average molecular weight is 521 g/mol. The Labute approximate surface area is 216 Å². The molecular weight excluding hydrogens is 488 g/mol. The van der Waals surface area contributed by atoms with E-state index in [9.17, 15) is 14.7 Å². The first kappa shape index (κ1) is 29.0. The SMILES string of the molecule is CN(C)CCOc1ccc(-c2cc(=O)c3c(O)cc(OCCCCCCC(=O)NO)cc3o2)cc1.Cl. The number of carbonyl (C=O) groups excluding carboxylic acids is 1. The van der Waals surface area contributed by atoms with Crippen molar-refractivity contribution in [3.8, 4) is 28.6 Å². The molecule has 2 aromatic carbocycles.